The third-order valence-electron chi connectivity index (χ3n) is 3.62. The average Bonchev–Trinajstić information content (AvgIpc) is 2.92. The molecule has 0 aliphatic carbocycles. The van der Waals surface area contributed by atoms with Crippen LogP contribution in [-0.4, -0.2) is 41.0 Å². The Morgan fingerprint density at radius 3 is 2.83 bits per heavy atom. The van der Waals surface area contributed by atoms with Gasteiger partial charge in [0.2, 0.25) is 5.91 Å². The molecule has 1 N–H and O–H groups in total. The van der Waals surface area contributed by atoms with E-state index in [4.69, 9.17) is 16.3 Å². The number of ether oxygens (including phenoxy) is 1. The van der Waals surface area contributed by atoms with Crippen molar-refractivity contribution in [2.75, 3.05) is 12.4 Å². The second-order valence-corrected chi connectivity index (χ2v) is 7.88. The van der Waals surface area contributed by atoms with Crippen LogP contribution in [0.3, 0.4) is 0 Å². The molecular weight excluding hydrogens is 336 g/mol. The number of amides is 2. The highest BCUT2D eigenvalue weighted by Gasteiger charge is 2.38. The van der Waals surface area contributed by atoms with Crippen molar-refractivity contribution in [2.45, 2.75) is 51.8 Å². The number of alkyl halides is 1. The zero-order valence-corrected chi connectivity index (χ0v) is 15.5. The van der Waals surface area contributed by atoms with Gasteiger partial charge in [0.05, 0.1) is 12.1 Å². The van der Waals surface area contributed by atoms with E-state index in [0.717, 1.165) is 11.3 Å². The van der Waals surface area contributed by atoms with Crippen molar-refractivity contribution in [3.8, 4) is 0 Å². The Labute approximate surface area is 145 Å². The smallest absolute Gasteiger partial charge is 0.410 e. The van der Waals surface area contributed by atoms with Crippen LogP contribution in [-0.2, 0) is 16.0 Å². The van der Waals surface area contributed by atoms with Gasteiger partial charge < -0.3 is 10.1 Å². The number of nitrogens with one attached hydrogen (secondary N) is 1. The van der Waals surface area contributed by atoms with Crippen molar-refractivity contribution in [3.05, 3.63) is 21.9 Å². The van der Waals surface area contributed by atoms with Gasteiger partial charge in [-0.25, -0.2) is 4.79 Å². The van der Waals surface area contributed by atoms with Crippen LogP contribution in [0, 0.1) is 0 Å². The predicted octanol–water partition coefficient (Wildman–Crippen LogP) is 3.33. The lowest BCUT2D eigenvalue weighted by molar-refractivity contribution is -0.119. The van der Waals surface area contributed by atoms with Crippen LogP contribution >= 0.6 is 22.9 Å². The number of nitrogens with zero attached hydrogens (tertiary/aromatic N) is 1. The SMILES string of the molecule is CC(NC(=O)CCl)C1c2sccc2CCN1C(=O)OC(C)(C)C. The monoisotopic (exact) mass is 358 g/mol. The van der Waals surface area contributed by atoms with Gasteiger partial charge in [-0.05, 0) is 51.1 Å². The molecule has 0 bridgehead atoms. The number of thiophene rings is 1. The lowest BCUT2D eigenvalue weighted by Crippen LogP contribution is -2.50. The molecule has 0 fully saturated rings. The van der Waals surface area contributed by atoms with Crippen molar-refractivity contribution in [3.63, 3.8) is 0 Å². The highest BCUT2D eigenvalue weighted by Crippen LogP contribution is 2.37. The fourth-order valence-electron chi connectivity index (χ4n) is 2.73. The summed E-state index contributed by atoms with van der Waals surface area (Å²) < 4.78 is 5.53. The van der Waals surface area contributed by atoms with Crippen molar-refractivity contribution in [1.82, 2.24) is 10.2 Å². The van der Waals surface area contributed by atoms with E-state index in [9.17, 15) is 9.59 Å². The van der Waals surface area contributed by atoms with E-state index in [2.05, 4.69) is 11.4 Å². The van der Waals surface area contributed by atoms with E-state index in [1.807, 2.05) is 33.1 Å². The second kappa shape index (κ2) is 7.09. The number of carbonyl (C=O) groups is 2. The average molecular weight is 359 g/mol. The number of carbonyl (C=O) groups excluding carboxylic acids is 2. The van der Waals surface area contributed by atoms with Gasteiger partial charge in [0.25, 0.3) is 0 Å². The lowest BCUT2D eigenvalue weighted by Gasteiger charge is -2.39. The van der Waals surface area contributed by atoms with E-state index < -0.39 is 5.60 Å². The van der Waals surface area contributed by atoms with E-state index >= 15 is 0 Å². The van der Waals surface area contributed by atoms with Gasteiger partial charge in [0.1, 0.15) is 11.5 Å². The van der Waals surface area contributed by atoms with Gasteiger partial charge in [-0.3, -0.25) is 9.69 Å². The first-order valence-electron chi connectivity index (χ1n) is 7.64. The first-order valence-corrected chi connectivity index (χ1v) is 9.05. The Kier molecular flexibility index (Phi) is 5.57. The van der Waals surface area contributed by atoms with Crippen LogP contribution < -0.4 is 5.32 Å². The van der Waals surface area contributed by atoms with Crippen molar-refractivity contribution in [2.24, 2.45) is 0 Å². The standard InChI is InChI=1S/C16H23ClN2O3S/c1-10(18-12(20)9-17)13-14-11(6-8-23-14)5-7-19(13)15(21)22-16(2,3)4/h6,8,10,13H,5,7,9H2,1-4H3,(H,18,20). The molecule has 2 atom stereocenters. The Morgan fingerprint density at radius 2 is 2.22 bits per heavy atom. The van der Waals surface area contributed by atoms with Crippen LogP contribution in [0.2, 0.25) is 0 Å². The molecule has 0 radical (unpaired) electrons. The molecule has 1 aromatic rings. The summed E-state index contributed by atoms with van der Waals surface area (Å²) in [5.74, 6) is -0.340. The van der Waals surface area contributed by atoms with Crippen LogP contribution in [0.1, 0.15) is 44.2 Å². The fourth-order valence-corrected chi connectivity index (χ4v) is 3.98. The summed E-state index contributed by atoms with van der Waals surface area (Å²) in [7, 11) is 0. The van der Waals surface area contributed by atoms with Crippen LogP contribution in [0.4, 0.5) is 4.79 Å². The predicted molar refractivity (Wildman–Crippen MR) is 92.0 cm³/mol. The number of rotatable bonds is 3. The Balaban J connectivity index is 2.26. The van der Waals surface area contributed by atoms with Crippen molar-refractivity contribution >= 4 is 34.9 Å². The minimum atomic E-state index is -0.556. The third kappa shape index (κ3) is 4.38. The zero-order chi connectivity index (χ0) is 17.2. The quantitative estimate of drug-likeness (QED) is 0.843. The van der Waals surface area contributed by atoms with Gasteiger partial charge in [-0.2, -0.15) is 0 Å². The van der Waals surface area contributed by atoms with E-state index in [1.54, 1.807) is 16.2 Å². The van der Waals surface area contributed by atoms with Crippen LogP contribution in [0.25, 0.3) is 0 Å². The highest BCUT2D eigenvalue weighted by atomic mass is 35.5. The Hall–Kier alpha value is -1.27. The van der Waals surface area contributed by atoms with Gasteiger partial charge >= 0.3 is 6.09 Å². The Morgan fingerprint density at radius 1 is 1.52 bits per heavy atom. The normalized spacial score (nSPS) is 19.0. The maximum Gasteiger partial charge on any atom is 0.410 e. The molecule has 2 rings (SSSR count). The van der Waals surface area contributed by atoms with E-state index in [1.165, 1.54) is 5.56 Å². The first kappa shape index (κ1) is 18.1. The fraction of sp³-hybridized carbons (Fsp3) is 0.625. The molecule has 0 aromatic carbocycles. The molecule has 0 saturated heterocycles. The topological polar surface area (TPSA) is 58.6 Å². The molecule has 23 heavy (non-hydrogen) atoms. The summed E-state index contributed by atoms with van der Waals surface area (Å²) in [4.78, 5) is 27.0. The largest absolute Gasteiger partial charge is 0.444 e. The number of fused-ring (bicyclic) bond motifs is 1. The summed E-state index contributed by atoms with van der Waals surface area (Å²) in [6, 6.07) is 1.60. The van der Waals surface area contributed by atoms with Gasteiger partial charge in [-0.1, -0.05) is 0 Å². The van der Waals surface area contributed by atoms with Gasteiger partial charge in [0, 0.05) is 11.4 Å². The van der Waals surface area contributed by atoms with Crippen LogP contribution in [0.5, 0.6) is 0 Å². The van der Waals surface area contributed by atoms with Crippen molar-refractivity contribution < 1.29 is 14.3 Å². The summed E-state index contributed by atoms with van der Waals surface area (Å²) in [5.41, 5.74) is 0.673. The summed E-state index contributed by atoms with van der Waals surface area (Å²) in [5, 5.41) is 4.88. The number of halogens is 1. The molecule has 0 saturated carbocycles. The maximum atomic E-state index is 12.6. The number of hydrogen-bond acceptors (Lipinski definition) is 4. The molecule has 7 heteroatoms. The molecule has 0 spiro atoms. The molecule has 1 aliphatic rings. The minimum Gasteiger partial charge on any atom is -0.444 e. The van der Waals surface area contributed by atoms with Crippen molar-refractivity contribution in [1.29, 1.82) is 0 Å². The summed E-state index contributed by atoms with van der Waals surface area (Å²) >= 11 is 7.19. The molecule has 2 unspecified atom stereocenters. The molecule has 1 aliphatic heterocycles. The second-order valence-electron chi connectivity index (χ2n) is 6.67. The molecule has 2 amide bonds. The summed E-state index contributed by atoms with van der Waals surface area (Å²) in [6.45, 7) is 8.00. The molecule has 5 nitrogen and oxygen atoms in total. The van der Waals surface area contributed by atoms with Gasteiger partial charge in [-0.15, -0.1) is 22.9 Å². The van der Waals surface area contributed by atoms with Crippen LogP contribution in [0.15, 0.2) is 11.4 Å². The maximum absolute atomic E-state index is 12.6. The van der Waals surface area contributed by atoms with E-state index in [0.29, 0.717) is 6.54 Å². The molecular formula is C16H23ClN2O3S. The lowest BCUT2D eigenvalue weighted by atomic mass is 9.97. The van der Waals surface area contributed by atoms with E-state index in [-0.39, 0.29) is 30.0 Å². The third-order valence-corrected chi connectivity index (χ3v) is 4.89. The van der Waals surface area contributed by atoms with Gasteiger partial charge in [0.15, 0.2) is 0 Å². The minimum absolute atomic E-state index is 0.0964. The summed E-state index contributed by atoms with van der Waals surface area (Å²) in [6.07, 6.45) is 0.443. The molecule has 1 aromatic heterocycles. The zero-order valence-electron chi connectivity index (χ0n) is 13.9. The highest BCUT2D eigenvalue weighted by molar-refractivity contribution is 7.10. The molecule has 128 valence electrons. The Bertz CT molecular complexity index is 582. The number of hydrogen-bond donors (Lipinski definition) is 1. The first-order chi connectivity index (χ1) is 10.7. The molecule has 2 heterocycles.